The maximum atomic E-state index is 5.57. The summed E-state index contributed by atoms with van der Waals surface area (Å²) in [6.07, 6.45) is 4.97. The molecule has 1 heterocycles. The molecule has 2 N–H and O–H groups in total. The third kappa shape index (κ3) is 4.21. The Labute approximate surface area is 120 Å². The molecule has 0 radical (unpaired) electrons. The summed E-state index contributed by atoms with van der Waals surface area (Å²) in [6, 6.07) is 0.809. The molecule has 0 aromatic carbocycles. The zero-order chi connectivity index (χ0) is 14.5. The number of anilines is 2. The Morgan fingerprint density at radius 3 is 2.55 bits per heavy atom. The first-order valence-electron chi connectivity index (χ1n) is 7.44. The SMILES string of the molecule is CNc1nc(NC2CCCC(C)C2)nc(OC(C)C)n1. The van der Waals surface area contributed by atoms with Crippen LogP contribution in [-0.2, 0) is 0 Å². The first kappa shape index (κ1) is 14.8. The molecule has 0 saturated heterocycles. The Morgan fingerprint density at radius 2 is 1.90 bits per heavy atom. The van der Waals surface area contributed by atoms with Crippen LogP contribution in [0.25, 0.3) is 0 Å². The minimum atomic E-state index is 0.0460. The van der Waals surface area contributed by atoms with Crippen LogP contribution in [0, 0.1) is 5.92 Å². The number of aromatic nitrogens is 3. The molecule has 1 fully saturated rings. The fourth-order valence-electron chi connectivity index (χ4n) is 2.54. The standard InChI is InChI=1S/C14H25N5O/c1-9(2)20-14-18-12(15-4)17-13(19-14)16-11-7-5-6-10(3)8-11/h9-11H,5-8H2,1-4H3,(H2,15,16,17,18,19). The molecule has 0 bridgehead atoms. The van der Waals surface area contributed by atoms with Crippen LogP contribution < -0.4 is 15.4 Å². The van der Waals surface area contributed by atoms with E-state index in [1.54, 1.807) is 7.05 Å². The summed E-state index contributed by atoms with van der Waals surface area (Å²) in [5.41, 5.74) is 0. The average Bonchev–Trinajstić information content (AvgIpc) is 2.37. The molecular weight excluding hydrogens is 254 g/mol. The molecule has 0 amide bonds. The van der Waals surface area contributed by atoms with Gasteiger partial charge >= 0.3 is 6.01 Å². The summed E-state index contributed by atoms with van der Waals surface area (Å²) in [7, 11) is 1.79. The highest BCUT2D eigenvalue weighted by Gasteiger charge is 2.20. The van der Waals surface area contributed by atoms with Crippen molar-refractivity contribution in [1.82, 2.24) is 15.0 Å². The van der Waals surface area contributed by atoms with Crippen LogP contribution in [0.2, 0.25) is 0 Å². The van der Waals surface area contributed by atoms with Gasteiger partial charge in [-0.2, -0.15) is 15.0 Å². The van der Waals surface area contributed by atoms with Gasteiger partial charge in [-0.25, -0.2) is 0 Å². The molecule has 2 unspecified atom stereocenters. The number of hydrogen-bond donors (Lipinski definition) is 2. The minimum Gasteiger partial charge on any atom is -0.461 e. The van der Waals surface area contributed by atoms with E-state index >= 15 is 0 Å². The van der Waals surface area contributed by atoms with Gasteiger partial charge < -0.3 is 15.4 Å². The van der Waals surface area contributed by atoms with Gasteiger partial charge in [0, 0.05) is 13.1 Å². The molecule has 1 aromatic heterocycles. The van der Waals surface area contributed by atoms with Crippen LogP contribution in [0.15, 0.2) is 0 Å². The molecule has 0 spiro atoms. The number of rotatable bonds is 5. The number of hydrogen-bond acceptors (Lipinski definition) is 6. The first-order chi connectivity index (χ1) is 9.56. The molecular formula is C14H25N5O. The van der Waals surface area contributed by atoms with E-state index in [4.69, 9.17) is 4.74 Å². The van der Waals surface area contributed by atoms with Crippen molar-refractivity contribution in [3.63, 3.8) is 0 Å². The highest BCUT2D eigenvalue weighted by Crippen LogP contribution is 2.25. The van der Waals surface area contributed by atoms with Crippen LogP contribution in [0.1, 0.15) is 46.5 Å². The van der Waals surface area contributed by atoms with Gasteiger partial charge in [0.2, 0.25) is 11.9 Å². The van der Waals surface area contributed by atoms with E-state index in [1.165, 1.54) is 25.7 Å². The highest BCUT2D eigenvalue weighted by molar-refractivity contribution is 5.36. The van der Waals surface area contributed by atoms with Crippen LogP contribution in [0.4, 0.5) is 11.9 Å². The van der Waals surface area contributed by atoms with Crippen molar-refractivity contribution < 1.29 is 4.74 Å². The van der Waals surface area contributed by atoms with E-state index in [1.807, 2.05) is 13.8 Å². The number of nitrogens with zero attached hydrogens (tertiary/aromatic N) is 3. The van der Waals surface area contributed by atoms with Gasteiger partial charge in [0.15, 0.2) is 0 Å². The Bertz CT molecular complexity index is 438. The zero-order valence-corrected chi connectivity index (χ0v) is 12.8. The van der Waals surface area contributed by atoms with Gasteiger partial charge in [-0.05, 0) is 32.6 Å². The molecule has 1 aliphatic carbocycles. The summed E-state index contributed by atoms with van der Waals surface area (Å²) in [4.78, 5) is 12.9. The molecule has 2 rings (SSSR count). The summed E-state index contributed by atoms with van der Waals surface area (Å²) in [5.74, 6) is 1.89. The number of nitrogens with one attached hydrogen (secondary N) is 2. The normalized spacial score (nSPS) is 22.6. The molecule has 6 heteroatoms. The topological polar surface area (TPSA) is 72.0 Å². The van der Waals surface area contributed by atoms with Crippen molar-refractivity contribution >= 4 is 11.9 Å². The van der Waals surface area contributed by atoms with Crippen molar-refractivity contribution in [2.24, 2.45) is 5.92 Å². The molecule has 1 aliphatic rings. The predicted molar refractivity (Wildman–Crippen MR) is 80.2 cm³/mol. The summed E-state index contributed by atoms with van der Waals surface area (Å²) < 4.78 is 5.57. The third-order valence-corrected chi connectivity index (χ3v) is 3.45. The minimum absolute atomic E-state index is 0.0460. The quantitative estimate of drug-likeness (QED) is 0.863. The van der Waals surface area contributed by atoms with E-state index < -0.39 is 0 Å². The van der Waals surface area contributed by atoms with E-state index in [9.17, 15) is 0 Å². The van der Waals surface area contributed by atoms with Crippen LogP contribution in [0.3, 0.4) is 0 Å². The van der Waals surface area contributed by atoms with Gasteiger partial charge in [-0.1, -0.05) is 19.8 Å². The van der Waals surface area contributed by atoms with E-state index in [0.29, 0.717) is 23.9 Å². The predicted octanol–water partition coefficient (Wildman–Crippen LogP) is 2.69. The second-order valence-corrected chi connectivity index (χ2v) is 5.79. The van der Waals surface area contributed by atoms with Gasteiger partial charge in [-0.3, -0.25) is 0 Å². The smallest absolute Gasteiger partial charge is 0.323 e. The molecule has 0 aliphatic heterocycles. The van der Waals surface area contributed by atoms with Crippen molar-refractivity contribution in [2.45, 2.75) is 58.6 Å². The largest absolute Gasteiger partial charge is 0.461 e. The maximum absolute atomic E-state index is 5.57. The van der Waals surface area contributed by atoms with Crippen molar-refractivity contribution in [2.75, 3.05) is 17.7 Å². The Kier molecular flexibility index (Phi) is 4.98. The van der Waals surface area contributed by atoms with Crippen LogP contribution in [-0.4, -0.2) is 34.1 Å². The number of ether oxygens (including phenoxy) is 1. The maximum Gasteiger partial charge on any atom is 0.323 e. The first-order valence-corrected chi connectivity index (χ1v) is 7.44. The molecule has 1 saturated carbocycles. The third-order valence-electron chi connectivity index (χ3n) is 3.45. The zero-order valence-electron chi connectivity index (χ0n) is 12.8. The Hall–Kier alpha value is -1.59. The fourth-order valence-corrected chi connectivity index (χ4v) is 2.54. The molecule has 6 nitrogen and oxygen atoms in total. The fraction of sp³-hybridized carbons (Fsp3) is 0.786. The summed E-state index contributed by atoms with van der Waals surface area (Å²) in [6.45, 7) is 6.21. The summed E-state index contributed by atoms with van der Waals surface area (Å²) in [5, 5.41) is 6.36. The monoisotopic (exact) mass is 279 g/mol. The Balaban J connectivity index is 2.09. The van der Waals surface area contributed by atoms with Gasteiger partial charge in [0.1, 0.15) is 0 Å². The van der Waals surface area contributed by atoms with Crippen molar-refractivity contribution in [1.29, 1.82) is 0 Å². The molecule has 112 valence electrons. The molecule has 2 atom stereocenters. The van der Waals surface area contributed by atoms with Crippen molar-refractivity contribution in [3.05, 3.63) is 0 Å². The molecule has 20 heavy (non-hydrogen) atoms. The molecule has 1 aromatic rings. The lowest BCUT2D eigenvalue weighted by atomic mass is 9.87. The Morgan fingerprint density at radius 1 is 1.15 bits per heavy atom. The van der Waals surface area contributed by atoms with Crippen molar-refractivity contribution in [3.8, 4) is 6.01 Å². The average molecular weight is 279 g/mol. The second kappa shape index (κ2) is 6.72. The highest BCUT2D eigenvalue weighted by atomic mass is 16.5. The van der Waals surface area contributed by atoms with Gasteiger partial charge in [0.25, 0.3) is 0 Å². The van der Waals surface area contributed by atoms with E-state index in [2.05, 4.69) is 32.5 Å². The van der Waals surface area contributed by atoms with Gasteiger partial charge in [0.05, 0.1) is 6.10 Å². The van der Waals surface area contributed by atoms with Crippen LogP contribution in [0.5, 0.6) is 6.01 Å². The lowest BCUT2D eigenvalue weighted by Crippen LogP contribution is -2.27. The van der Waals surface area contributed by atoms with Gasteiger partial charge in [-0.15, -0.1) is 0 Å². The summed E-state index contributed by atoms with van der Waals surface area (Å²) >= 11 is 0. The van der Waals surface area contributed by atoms with Crippen LogP contribution >= 0.6 is 0 Å². The van der Waals surface area contributed by atoms with E-state index in [0.717, 1.165) is 5.92 Å². The second-order valence-electron chi connectivity index (χ2n) is 5.79. The lowest BCUT2D eigenvalue weighted by Gasteiger charge is -2.27. The van der Waals surface area contributed by atoms with E-state index in [-0.39, 0.29) is 6.10 Å². The lowest BCUT2D eigenvalue weighted by molar-refractivity contribution is 0.222.